The molecule has 0 aliphatic rings. The molecule has 0 radical (unpaired) electrons. The van der Waals surface area contributed by atoms with Gasteiger partial charge in [0.15, 0.2) is 0 Å². The van der Waals surface area contributed by atoms with Crippen molar-refractivity contribution in [3.63, 3.8) is 0 Å². The Morgan fingerprint density at radius 3 is 0.238 bits per heavy atom. The molecule has 0 aromatic carbocycles. The van der Waals surface area contributed by atoms with E-state index in [9.17, 15) is 0 Å². The molecule has 16 nitrogen and oxygen atoms in total. The molecule has 128 valence electrons. The average Bonchev–Trinajstić information content (AvgIpc) is 1.62. The predicted molar refractivity (Wildman–Crippen MR) is 5.75 cm³/mol. The molecule has 0 unspecified atom stereocenters. The van der Waals surface area contributed by atoms with Gasteiger partial charge in [-0.2, -0.15) is 0 Å². The molecule has 0 aromatic rings. The van der Waals surface area contributed by atoms with Gasteiger partial charge < -0.3 is 0 Å². The summed E-state index contributed by atoms with van der Waals surface area (Å²) in [5.74, 6) is 0. The van der Waals surface area contributed by atoms with E-state index in [1.54, 1.807) is 0 Å². The van der Waals surface area contributed by atoms with Crippen molar-refractivity contribution in [2.75, 3.05) is 0 Å². The van der Waals surface area contributed by atoms with Crippen molar-refractivity contribution >= 4 is 27.3 Å². The Labute approximate surface area is 160 Å². The van der Waals surface area contributed by atoms with Crippen molar-refractivity contribution in [2.45, 2.75) is 0 Å². The van der Waals surface area contributed by atoms with Crippen LogP contribution in [0.15, 0.2) is 0 Å². The summed E-state index contributed by atoms with van der Waals surface area (Å²) in [4.78, 5) is 0. The maximum absolute atomic E-state index is 8.62. The Morgan fingerprint density at radius 1 is 0.238 bits per heavy atom. The maximum Gasteiger partial charge on any atom is 4.00 e. The Kier molecular flexibility index (Phi) is 26.0. The third kappa shape index (κ3) is 1020. The van der Waals surface area contributed by atoms with Crippen molar-refractivity contribution in [3.8, 4) is 0 Å². The molecule has 0 rings (SSSR count). The fourth-order valence-corrected chi connectivity index (χ4v) is 0. The molecule has 0 heterocycles. The first kappa shape index (κ1) is 35.3. The van der Waals surface area contributed by atoms with E-state index in [4.69, 9.17) is 55.0 Å². The van der Waals surface area contributed by atoms with Gasteiger partial charge in [0, 0.05) is 0 Å². The zero-order chi connectivity index (χ0) is 18.0. The van der Waals surface area contributed by atoms with Gasteiger partial charge in [-0.05, 0) is 0 Å². The van der Waals surface area contributed by atoms with Gasteiger partial charge in [-0.3, -0.25) is 55.0 Å². The Morgan fingerprint density at radius 2 is 0.238 bits per heavy atom. The van der Waals surface area contributed by atoms with Gasteiger partial charge in [0.2, 0.25) is 0 Å². The zero-order valence-electron chi connectivity index (χ0n) is 8.54. The Balaban J connectivity index is -0.0000000533. The molecule has 0 aliphatic heterocycles. The van der Waals surface area contributed by atoms with Crippen LogP contribution in [0.5, 0.6) is 0 Å². The van der Waals surface area contributed by atoms with Crippen LogP contribution in [0, 0.1) is 0 Å². The minimum absolute atomic E-state index is 0. The first-order valence-corrected chi connectivity index (χ1v) is 16.6. The molecule has 0 fully saturated rings. The molecule has 0 aromatic heterocycles. The van der Waals surface area contributed by atoms with Crippen LogP contribution in [0.4, 0.5) is 0 Å². The fraction of sp³-hybridized carbons (Fsp3) is 0. The molecule has 0 aliphatic carbocycles. The molecule has 0 atom stereocenters. The first-order valence-electron chi connectivity index (χ1n) is 2.47. The van der Waals surface area contributed by atoms with E-state index in [0.29, 0.717) is 0 Å². The summed E-state index contributed by atoms with van der Waals surface area (Å²) in [7, 11) is 0. The van der Waals surface area contributed by atoms with E-state index in [2.05, 4.69) is 0 Å². The summed E-state index contributed by atoms with van der Waals surface area (Å²) in [5.41, 5.74) is 0. The second-order valence-electron chi connectivity index (χ2n) is 1.51. The molecule has 0 saturated carbocycles. The molecule has 0 amide bonds. The van der Waals surface area contributed by atoms with Gasteiger partial charge in [-0.1, -0.05) is 0 Å². The first-order chi connectivity index (χ1) is 8.00. The van der Waals surface area contributed by atoms with Crippen LogP contribution in [0.2, 0.25) is 0 Å². The van der Waals surface area contributed by atoms with Crippen LogP contribution in [0.25, 0.3) is 0 Å². The molecule has 21 heavy (non-hydrogen) atoms. The van der Waals surface area contributed by atoms with Gasteiger partial charge in [-0.25, -0.2) is 0 Å². The SMILES string of the molecule is [O-][I+3]([O-])([O-])[O-].[O-][I+3]([O-])([O-])[O-].[O-][I+3]([O-])([O-])[O-].[O-][I+3]([O-])([O-])[O-].[Pb+4]. The Hall–Kier alpha value is 3.20. The third-order valence-electron chi connectivity index (χ3n) is 0. The number of hydrogen-bond acceptors (Lipinski definition) is 16. The molecule has 0 N–H and O–H groups in total. The van der Waals surface area contributed by atoms with Gasteiger partial charge in [0.1, 0.15) is 80.4 Å². The van der Waals surface area contributed by atoms with E-state index in [1.165, 1.54) is 0 Å². The maximum atomic E-state index is 8.62. The van der Waals surface area contributed by atoms with E-state index < -0.39 is 80.4 Å². The summed E-state index contributed by atoms with van der Waals surface area (Å²) in [5, 5.41) is 0. The summed E-state index contributed by atoms with van der Waals surface area (Å²) >= 11 is -23.8. The van der Waals surface area contributed by atoms with Crippen LogP contribution in [-0.4, -0.2) is 27.3 Å². The van der Waals surface area contributed by atoms with Crippen molar-refractivity contribution in [3.05, 3.63) is 0 Å². The van der Waals surface area contributed by atoms with Crippen LogP contribution in [0.3, 0.4) is 0 Å². The molecular formula is I4O16Pb. The van der Waals surface area contributed by atoms with Crippen molar-refractivity contribution in [1.82, 2.24) is 0 Å². The van der Waals surface area contributed by atoms with Crippen molar-refractivity contribution in [1.29, 1.82) is 0 Å². The molecule has 0 saturated heterocycles. The largest absolute Gasteiger partial charge is 4.00 e. The minimum atomic E-state index is -5.94. The van der Waals surface area contributed by atoms with E-state index in [0.717, 1.165) is 0 Å². The van der Waals surface area contributed by atoms with Crippen molar-refractivity contribution < 1.29 is 135 Å². The summed E-state index contributed by atoms with van der Waals surface area (Å²) in [6.07, 6.45) is 0. The molecular weight excluding hydrogens is 971 g/mol. The number of rotatable bonds is 0. The molecule has 0 bridgehead atoms. The van der Waals surface area contributed by atoms with Gasteiger partial charge in [0.25, 0.3) is 0 Å². The van der Waals surface area contributed by atoms with Crippen molar-refractivity contribution in [2.24, 2.45) is 0 Å². The van der Waals surface area contributed by atoms with E-state index in [1.807, 2.05) is 0 Å². The predicted octanol–water partition coefficient (Wildman–Crippen LogP) is -31.4. The van der Waals surface area contributed by atoms with Gasteiger partial charge in [0.05, 0.1) is 0 Å². The monoisotopic (exact) mass is 972 g/mol. The topological polar surface area (TPSA) is 369 Å². The minimum Gasteiger partial charge on any atom is -0.286 e. The quantitative estimate of drug-likeness (QED) is 0.161. The van der Waals surface area contributed by atoms with Gasteiger partial charge >= 0.3 is 27.3 Å². The number of hydrogen-bond donors (Lipinski definition) is 0. The van der Waals surface area contributed by atoms with E-state index >= 15 is 0 Å². The smallest absolute Gasteiger partial charge is 0.286 e. The second-order valence-corrected chi connectivity index (χ2v) is 10.1. The van der Waals surface area contributed by atoms with Gasteiger partial charge in [-0.15, -0.1) is 0 Å². The standard InChI is InChI=1S/4IO4.Pb/c4*2-1(3,4)5;/q4*-1;+4. The van der Waals surface area contributed by atoms with Crippen LogP contribution in [-0.2, 0) is 0 Å². The Bertz CT molecular complexity index is 130. The fourth-order valence-electron chi connectivity index (χ4n) is 0. The second kappa shape index (κ2) is 15.5. The zero-order valence-corrected chi connectivity index (χ0v) is 21.1. The van der Waals surface area contributed by atoms with Crippen LogP contribution >= 0.6 is 0 Å². The summed E-state index contributed by atoms with van der Waals surface area (Å²) in [6, 6.07) is 0. The van der Waals surface area contributed by atoms with Crippen LogP contribution < -0.4 is 135 Å². The third-order valence-corrected chi connectivity index (χ3v) is 0. The summed E-state index contributed by atoms with van der Waals surface area (Å²) < 4.78 is 138. The average molecular weight is 971 g/mol. The van der Waals surface area contributed by atoms with E-state index in [-0.39, 0.29) is 27.3 Å². The summed E-state index contributed by atoms with van der Waals surface area (Å²) in [6.45, 7) is 0. The number of halogens is 4. The molecule has 0 spiro atoms. The van der Waals surface area contributed by atoms with Crippen LogP contribution in [0.1, 0.15) is 0 Å². The normalized spacial score (nSPS) is 11.4. The molecule has 21 heteroatoms.